The number of sulfonamides is 1. The van der Waals surface area contributed by atoms with Gasteiger partial charge < -0.3 is 14.4 Å². The van der Waals surface area contributed by atoms with Gasteiger partial charge in [0.2, 0.25) is 10.0 Å². The molecule has 0 radical (unpaired) electrons. The van der Waals surface area contributed by atoms with E-state index in [2.05, 4.69) is 0 Å². The van der Waals surface area contributed by atoms with E-state index in [0.717, 1.165) is 5.69 Å². The second kappa shape index (κ2) is 7.21. The van der Waals surface area contributed by atoms with E-state index in [9.17, 15) is 13.2 Å². The third kappa shape index (κ3) is 3.59. The molecule has 0 spiro atoms. The molecule has 3 rings (SSSR count). The molecule has 8 heteroatoms. The minimum absolute atomic E-state index is 0.171. The Kier molecular flexibility index (Phi) is 5.19. The maximum atomic E-state index is 13.0. The van der Waals surface area contributed by atoms with Gasteiger partial charge in [-0.1, -0.05) is 0 Å². The fourth-order valence-corrected chi connectivity index (χ4v) is 4.80. The summed E-state index contributed by atoms with van der Waals surface area (Å²) in [6.45, 7) is 3.94. The zero-order chi connectivity index (χ0) is 18.0. The van der Waals surface area contributed by atoms with Crippen molar-refractivity contribution in [2.45, 2.75) is 24.7 Å². The summed E-state index contributed by atoms with van der Waals surface area (Å²) in [6.07, 6.45) is 1.31. The van der Waals surface area contributed by atoms with E-state index in [1.54, 1.807) is 25.1 Å². The molecule has 2 aliphatic heterocycles. The third-order valence-electron chi connectivity index (χ3n) is 4.67. The normalized spacial score (nSPS) is 21.4. The molecule has 1 saturated heterocycles. The molecular weight excluding hydrogens is 344 g/mol. The van der Waals surface area contributed by atoms with Gasteiger partial charge in [-0.2, -0.15) is 4.31 Å². The first-order chi connectivity index (χ1) is 11.9. The van der Waals surface area contributed by atoms with Crippen LogP contribution < -0.4 is 9.64 Å². The smallest absolute Gasteiger partial charge is 0.310 e. The Morgan fingerprint density at radius 1 is 1.36 bits per heavy atom. The molecule has 2 aliphatic rings. The number of fused-ring (bicyclic) bond motifs is 1. The van der Waals surface area contributed by atoms with Gasteiger partial charge in [-0.05, 0) is 38.0 Å². The van der Waals surface area contributed by atoms with Crippen molar-refractivity contribution in [1.82, 2.24) is 4.31 Å². The molecule has 2 heterocycles. The van der Waals surface area contributed by atoms with E-state index in [0.29, 0.717) is 44.9 Å². The van der Waals surface area contributed by atoms with E-state index >= 15 is 0 Å². The lowest BCUT2D eigenvalue weighted by Gasteiger charge is -2.32. The standard InChI is InChI=1S/C17H24N2O5S/c1-3-23-17(20)13-5-4-8-19(12-13)25(21,22)14-6-7-16-15(11-14)18(2)9-10-24-16/h6-7,11,13H,3-5,8-10,12H2,1-2H3. The third-order valence-corrected chi connectivity index (χ3v) is 6.53. The van der Waals surface area contributed by atoms with Crippen LogP contribution in [0.15, 0.2) is 23.1 Å². The predicted molar refractivity (Wildman–Crippen MR) is 93.3 cm³/mol. The first-order valence-electron chi connectivity index (χ1n) is 8.58. The summed E-state index contributed by atoms with van der Waals surface area (Å²) in [6, 6.07) is 4.92. The van der Waals surface area contributed by atoms with Crippen molar-refractivity contribution < 1.29 is 22.7 Å². The molecule has 138 valence electrons. The fraction of sp³-hybridized carbons (Fsp3) is 0.588. The average molecular weight is 368 g/mol. The van der Waals surface area contributed by atoms with Gasteiger partial charge in [0, 0.05) is 20.1 Å². The summed E-state index contributed by atoms with van der Waals surface area (Å²) >= 11 is 0. The van der Waals surface area contributed by atoms with Crippen LogP contribution in [0.2, 0.25) is 0 Å². The molecule has 1 atom stereocenters. The highest BCUT2D eigenvalue weighted by molar-refractivity contribution is 7.89. The van der Waals surface area contributed by atoms with Crippen molar-refractivity contribution in [3.63, 3.8) is 0 Å². The monoisotopic (exact) mass is 368 g/mol. The molecule has 0 saturated carbocycles. The molecule has 0 bridgehead atoms. The number of hydrogen-bond acceptors (Lipinski definition) is 6. The van der Waals surface area contributed by atoms with Crippen LogP contribution in [-0.2, 0) is 19.6 Å². The van der Waals surface area contributed by atoms with Crippen LogP contribution in [0, 0.1) is 5.92 Å². The van der Waals surface area contributed by atoms with Crippen molar-refractivity contribution in [2.24, 2.45) is 5.92 Å². The highest BCUT2D eigenvalue weighted by Gasteiger charge is 2.34. The Balaban J connectivity index is 1.84. The van der Waals surface area contributed by atoms with Crippen molar-refractivity contribution in [3.05, 3.63) is 18.2 Å². The maximum absolute atomic E-state index is 13.0. The lowest BCUT2D eigenvalue weighted by Crippen LogP contribution is -2.42. The molecule has 0 amide bonds. The number of anilines is 1. The quantitative estimate of drug-likeness (QED) is 0.750. The van der Waals surface area contributed by atoms with Gasteiger partial charge in [-0.3, -0.25) is 4.79 Å². The minimum Gasteiger partial charge on any atom is -0.490 e. The molecule has 0 aliphatic carbocycles. The number of piperidine rings is 1. The largest absolute Gasteiger partial charge is 0.490 e. The molecule has 25 heavy (non-hydrogen) atoms. The first-order valence-corrected chi connectivity index (χ1v) is 10.0. The van der Waals surface area contributed by atoms with Crippen LogP contribution in [0.4, 0.5) is 5.69 Å². The zero-order valence-corrected chi connectivity index (χ0v) is 15.4. The van der Waals surface area contributed by atoms with E-state index in [1.165, 1.54) is 4.31 Å². The van der Waals surface area contributed by atoms with E-state index in [1.807, 2.05) is 11.9 Å². The number of likely N-dealkylation sites (N-methyl/N-ethyl adjacent to an activating group) is 1. The number of carbonyl (C=O) groups excluding carboxylic acids is 1. The second-order valence-corrected chi connectivity index (χ2v) is 8.29. The first kappa shape index (κ1) is 18.0. The number of carbonyl (C=O) groups is 1. The van der Waals surface area contributed by atoms with E-state index in [-0.39, 0.29) is 17.4 Å². The Morgan fingerprint density at radius 3 is 2.92 bits per heavy atom. The van der Waals surface area contributed by atoms with Crippen LogP contribution >= 0.6 is 0 Å². The molecule has 1 aromatic rings. The Labute approximate surface area is 148 Å². The minimum atomic E-state index is -3.66. The molecule has 1 fully saturated rings. The van der Waals surface area contributed by atoms with Crippen molar-refractivity contribution in [1.29, 1.82) is 0 Å². The molecule has 7 nitrogen and oxygen atoms in total. The number of nitrogens with zero attached hydrogens (tertiary/aromatic N) is 2. The topological polar surface area (TPSA) is 76.2 Å². The van der Waals surface area contributed by atoms with Gasteiger partial charge in [0.25, 0.3) is 0 Å². The summed E-state index contributed by atoms with van der Waals surface area (Å²) in [5.74, 6) is -0.0242. The van der Waals surface area contributed by atoms with Gasteiger partial charge >= 0.3 is 5.97 Å². The molecule has 1 aromatic carbocycles. The molecule has 0 N–H and O–H groups in total. The van der Waals surface area contributed by atoms with Crippen LogP contribution in [-0.4, -0.2) is 58.6 Å². The van der Waals surface area contributed by atoms with Crippen LogP contribution in [0.1, 0.15) is 19.8 Å². The molecular formula is C17H24N2O5S. The van der Waals surface area contributed by atoms with E-state index < -0.39 is 15.9 Å². The Morgan fingerprint density at radius 2 is 2.16 bits per heavy atom. The predicted octanol–water partition coefficient (Wildman–Crippen LogP) is 1.48. The molecule has 0 aromatic heterocycles. The van der Waals surface area contributed by atoms with Gasteiger partial charge in [-0.15, -0.1) is 0 Å². The van der Waals surface area contributed by atoms with Gasteiger partial charge in [0.05, 0.1) is 29.7 Å². The summed E-state index contributed by atoms with van der Waals surface area (Å²) < 4.78 is 38.1. The fourth-order valence-electron chi connectivity index (χ4n) is 3.25. The van der Waals surface area contributed by atoms with Crippen LogP contribution in [0.25, 0.3) is 0 Å². The number of benzene rings is 1. The lowest BCUT2D eigenvalue weighted by molar-refractivity contribution is -0.149. The second-order valence-electron chi connectivity index (χ2n) is 6.35. The summed E-state index contributed by atoms with van der Waals surface area (Å²) in [4.78, 5) is 14.2. The molecule has 1 unspecified atom stereocenters. The van der Waals surface area contributed by atoms with Gasteiger partial charge in [0.15, 0.2) is 0 Å². The summed E-state index contributed by atoms with van der Waals surface area (Å²) in [7, 11) is -1.74. The zero-order valence-electron chi connectivity index (χ0n) is 14.6. The van der Waals surface area contributed by atoms with Crippen molar-refractivity contribution >= 4 is 21.7 Å². The highest BCUT2D eigenvalue weighted by Crippen LogP contribution is 2.34. The lowest BCUT2D eigenvalue weighted by atomic mass is 10.0. The van der Waals surface area contributed by atoms with Gasteiger partial charge in [0.1, 0.15) is 12.4 Å². The van der Waals surface area contributed by atoms with Crippen molar-refractivity contribution in [3.8, 4) is 5.75 Å². The average Bonchev–Trinajstić information content (AvgIpc) is 2.62. The summed E-state index contributed by atoms with van der Waals surface area (Å²) in [5.41, 5.74) is 0.770. The van der Waals surface area contributed by atoms with Crippen LogP contribution in [0.5, 0.6) is 5.75 Å². The summed E-state index contributed by atoms with van der Waals surface area (Å²) in [5, 5.41) is 0. The number of ether oxygens (including phenoxy) is 2. The Hall–Kier alpha value is -1.80. The number of rotatable bonds is 4. The van der Waals surface area contributed by atoms with E-state index in [4.69, 9.17) is 9.47 Å². The number of hydrogen-bond donors (Lipinski definition) is 0. The Bertz CT molecular complexity index is 749. The number of esters is 1. The highest BCUT2D eigenvalue weighted by atomic mass is 32.2. The van der Waals surface area contributed by atoms with Gasteiger partial charge in [-0.25, -0.2) is 8.42 Å². The maximum Gasteiger partial charge on any atom is 0.310 e. The van der Waals surface area contributed by atoms with Crippen LogP contribution in [0.3, 0.4) is 0 Å². The SMILES string of the molecule is CCOC(=O)C1CCCN(S(=O)(=O)c2ccc3c(c2)N(C)CCO3)C1. The van der Waals surface area contributed by atoms with Crippen molar-refractivity contribution in [2.75, 3.05) is 44.8 Å².